The van der Waals surface area contributed by atoms with E-state index in [1.807, 2.05) is 18.7 Å². The number of rotatable bonds is 3. The Morgan fingerprint density at radius 2 is 2.35 bits per heavy atom. The van der Waals surface area contributed by atoms with Crippen molar-refractivity contribution in [2.75, 3.05) is 12.3 Å². The molecule has 0 saturated carbocycles. The van der Waals surface area contributed by atoms with Gasteiger partial charge in [0.15, 0.2) is 5.17 Å². The van der Waals surface area contributed by atoms with Crippen molar-refractivity contribution in [1.29, 1.82) is 0 Å². The van der Waals surface area contributed by atoms with Crippen LogP contribution in [-0.2, 0) is 6.42 Å². The lowest BCUT2D eigenvalue weighted by atomic mass is 10.1. The number of hydrogen-bond acceptors (Lipinski definition) is 4. The molecule has 0 aliphatic carbocycles. The smallest absolute Gasteiger partial charge is 0.156 e. The molecule has 1 N–H and O–H groups in total. The first-order valence-electron chi connectivity index (χ1n) is 6.00. The standard InChI is InChI=1S/C12H19N3S2/c1-8-6-17-12(14-9(8)2)13-5-4-11-7-16-10(3)15-11/h7-9H,4-6H2,1-3H3,(H,13,14). The molecule has 0 spiro atoms. The third kappa shape index (κ3) is 3.71. The third-order valence-electron chi connectivity index (χ3n) is 2.98. The minimum atomic E-state index is 0.538. The summed E-state index contributed by atoms with van der Waals surface area (Å²) in [6.45, 7) is 7.38. The first-order chi connectivity index (χ1) is 8.15. The molecule has 1 saturated heterocycles. The van der Waals surface area contributed by atoms with E-state index >= 15 is 0 Å². The molecular weight excluding hydrogens is 250 g/mol. The van der Waals surface area contributed by atoms with Crippen molar-refractivity contribution in [2.24, 2.45) is 10.9 Å². The van der Waals surface area contributed by atoms with E-state index in [9.17, 15) is 0 Å². The Hall–Kier alpha value is -0.550. The Morgan fingerprint density at radius 3 is 3.00 bits per heavy atom. The summed E-state index contributed by atoms with van der Waals surface area (Å²) in [7, 11) is 0. The Morgan fingerprint density at radius 1 is 1.53 bits per heavy atom. The van der Waals surface area contributed by atoms with Gasteiger partial charge in [0, 0.05) is 30.1 Å². The molecule has 3 nitrogen and oxygen atoms in total. The lowest BCUT2D eigenvalue weighted by Gasteiger charge is -2.28. The predicted molar refractivity (Wildman–Crippen MR) is 77.1 cm³/mol. The molecule has 1 aromatic heterocycles. The molecule has 0 bridgehead atoms. The fraction of sp³-hybridized carbons (Fsp3) is 0.667. The quantitative estimate of drug-likeness (QED) is 0.917. The van der Waals surface area contributed by atoms with E-state index in [-0.39, 0.29) is 0 Å². The third-order valence-corrected chi connectivity index (χ3v) is 5.01. The fourth-order valence-corrected chi connectivity index (χ4v) is 3.43. The van der Waals surface area contributed by atoms with Crippen molar-refractivity contribution in [3.8, 4) is 0 Å². The first-order valence-corrected chi connectivity index (χ1v) is 7.86. The topological polar surface area (TPSA) is 37.3 Å². The molecule has 1 aliphatic rings. The van der Waals surface area contributed by atoms with Gasteiger partial charge >= 0.3 is 0 Å². The van der Waals surface area contributed by atoms with Gasteiger partial charge in [0.2, 0.25) is 0 Å². The van der Waals surface area contributed by atoms with Gasteiger partial charge in [-0.15, -0.1) is 11.3 Å². The van der Waals surface area contributed by atoms with Gasteiger partial charge in [-0.2, -0.15) is 0 Å². The van der Waals surface area contributed by atoms with Crippen molar-refractivity contribution in [3.05, 3.63) is 16.1 Å². The van der Waals surface area contributed by atoms with Crippen LogP contribution in [0.1, 0.15) is 24.5 Å². The van der Waals surface area contributed by atoms with E-state index in [0.29, 0.717) is 6.04 Å². The van der Waals surface area contributed by atoms with Crippen molar-refractivity contribution >= 4 is 28.3 Å². The highest BCUT2D eigenvalue weighted by Crippen LogP contribution is 2.19. The largest absolute Gasteiger partial charge is 0.362 e. The highest BCUT2D eigenvalue weighted by Gasteiger charge is 2.20. The van der Waals surface area contributed by atoms with Crippen LogP contribution in [0.4, 0.5) is 0 Å². The van der Waals surface area contributed by atoms with Gasteiger partial charge in [0.1, 0.15) is 0 Å². The number of nitrogens with one attached hydrogen (secondary N) is 1. The van der Waals surface area contributed by atoms with E-state index in [4.69, 9.17) is 0 Å². The SMILES string of the molecule is Cc1nc(CCN=C2NC(C)C(C)CS2)cs1. The minimum Gasteiger partial charge on any atom is -0.362 e. The molecule has 0 radical (unpaired) electrons. The van der Waals surface area contributed by atoms with Gasteiger partial charge in [0.25, 0.3) is 0 Å². The zero-order valence-electron chi connectivity index (χ0n) is 10.6. The molecule has 0 aromatic carbocycles. The minimum absolute atomic E-state index is 0.538. The van der Waals surface area contributed by atoms with Crippen molar-refractivity contribution in [1.82, 2.24) is 10.3 Å². The predicted octanol–water partition coefficient (Wildman–Crippen LogP) is 2.71. The Balaban J connectivity index is 1.81. The molecule has 94 valence electrons. The second-order valence-electron chi connectivity index (χ2n) is 4.52. The normalized spacial score (nSPS) is 27.1. The number of amidine groups is 1. The molecular formula is C12H19N3S2. The number of aryl methyl sites for hydroxylation is 1. The van der Waals surface area contributed by atoms with Crippen LogP contribution in [0.5, 0.6) is 0 Å². The van der Waals surface area contributed by atoms with Crippen LogP contribution >= 0.6 is 23.1 Å². The van der Waals surface area contributed by atoms with Crippen LogP contribution in [-0.4, -0.2) is 28.5 Å². The molecule has 17 heavy (non-hydrogen) atoms. The number of aliphatic imine (C=N–C) groups is 1. The van der Waals surface area contributed by atoms with E-state index in [1.165, 1.54) is 11.4 Å². The average molecular weight is 269 g/mol. The van der Waals surface area contributed by atoms with Crippen LogP contribution in [0.2, 0.25) is 0 Å². The van der Waals surface area contributed by atoms with Gasteiger partial charge in [0.05, 0.1) is 10.7 Å². The monoisotopic (exact) mass is 269 g/mol. The second kappa shape index (κ2) is 5.87. The summed E-state index contributed by atoms with van der Waals surface area (Å²) < 4.78 is 0. The number of aromatic nitrogens is 1. The molecule has 2 heterocycles. The van der Waals surface area contributed by atoms with Gasteiger partial charge in [-0.25, -0.2) is 4.98 Å². The van der Waals surface area contributed by atoms with Crippen LogP contribution in [0, 0.1) is 12.8 Å². The summed E-state index contributed by atoms with van der Waals surface area (Å²) in [6, 6.07) is 0.538. The van der Waals surface area contributed by atoms with Crippen LogP contribution in [0.3, 0.4) is 0 Å². The molecule has 0 amide bonds. The summed E-state index contributed by atoms with van der Waals surface area (Å²) in [5, 5.41) is 7.82. The summed E-state index contributed by atoms with van der Waals surface area (Å²) in [6.07, 6.45) is 0.944. The van der Waals surface area contributed by atoms with Crippen LogP contribution < -0.4 is 5.32 Å². The van der Waals surface area contributed by atoms with Gasteiger partial charge in [-0.05, 0) is 19.8 Å². The molecule has 2 unspecified atom stereocenters. The second-order valence-corrected chi connectivity index (χ2v) is 6.59. The van der Waals surface area contributed by atoms with Gasteiger partial charge < -0.3 is 5.32 Å². The zero-order chi connectivity index (χ0) is 12.3. The summed E-state index contributed by atoms with van der Waals surface area (Å²) in [5.74, 6) is 1.89. The van der Waals surface area contributed by atoms with Crippen LogP contribution in [0.25, 0.3) is 0 Å². The summed E-state index contributed by atoms with van der Waals surface area (Å²) in [4.78, 5) is 9.05. The molecule has 5 heteroatoms. The van der Waals surface area contributed by atoms with Crippen molar-refractivity contribution in [2.45, 2.75) is 33.2 Å². The van der Waals surface area contributed by atoms with Crippen molar-refractivity contribution in [3.63, 3.8) is 0 Å². The molecule has 2 atom stereocenters. The Kier molecular flexibility index (Phi) is 4.45. The van der Waals surface area contributed by atoms with Crippen molar-refractivity contribution < 1.29 is 0 Å². The van der Waals surface area contributed by atoms with E-state index in [0.717, 1.165) is 29.1 Å². The van der Waals surface area contributed by atoms with Crippen LogP contribution in [0.15, 0.2) is 10.4 Å². The molecule has 1 aromatic rings. The molecule has 1 fully saturated rings. The maximum atomic E-state index is 4.61. The highest BCUT2D eigenvalue weighted by molar-refractivity contribution is 8.13. The number of thioether (sulfide) groups is 1. The Labute approximate surface area is 111 Å². The van der Waals surface area contributed by atoms with E-state index in [2.05, 4.69) is 34.5 Å². The zero-order valence-corrected chi connectivity index (χ0v) is 12.2. The lowest BCUT2D eigenvalue weighted by molar-refractivity contribution is 0.490. The maximum Gasteiger partial charge on any atom is 0.156 e. The van der Waals surface area contributed by atoms with Gasteiger partial charge in [-0.1, -0.05) is 18.7 Å². The van der Waals surface area contributed by atoms with Gasteiger partial charge in [-0.3, -0.25) is 4.99 Å². The summed E-state index contributed by atoms with van der Waals surface area (Å²) >= 11 is 3.55. The maximum absolute atomic E-state index is 4.61. The number of hydrogen-bond donors (Lipinski definition) is 1. The van der Waals surface area contributed by atoms with E-state index < -0.39 is 0 Å². The molecule has 2 rings (SSSR count). The number of nitrogens with zero attached hydrogens (tertiary/aromatic N) is 2. The lowest BCUT2D eigenvalue weighted by Crippen LogP contribution is -2.41. The molecule has 1 aliphatic heterocycles. The number of thiazole rings is 1. The average Bonchev–Trinajstić information content (AvgIpc) is 2.70. The Bertz CT molecular complexity index is 400. The highest BCUT2D eigenvalue weighted by atomic mass is 32.2. The fourth-order valence-electron chi connectivity index (χ4n) is 1.62. The first kappa shape index (κ1) is 12.9. The summed E-state index contributed by atoms with van der Waals surface area (Å²) in [5.41, 5.74) is 1.17. The van der Waals surface area contributed by atoms with E-state index in [1.54, 1.807) is 11.3 Å².